The summed E-state index contributed by atoms with van der Waals surface area (Å²) in [5.41, 5.74) is 3.67. The molecule has 1 atom stereocenters. The molecule has 0 aromatic heterocycles. The molecule has 6 heteroatoms. The minimum absolute atomic E-state index is 0.0146. The first kappa shape index (κ1) is 15.5. The van der Waals surface area contributed by atoms with Crippen molar-refractivity contribution in [3.05, 3.63) is 34.1 Å². The molecule has 4 nitrogen and oxygen atoms in total. The standard InChI is InChI=1S/C12H18BrFN2O2/c1-17-4-5-18-8-10(16-15)6-9-2-3-12(14)11(13)7-9/h2-3,7,10,16H,4-6,8,15H2,1H3. The van der Waals surface area contributed by atoms with Crippen molar-refractivity contribution in [2.75, 3.05) is 26.9 Å². The van der Waals surface area contributed by atoms with E-state index in [0.717, 1.165) is 5.56 Å². The predicted octanol–water partition coefficient (Wildman–Crippen LogP) is 1.63. The van der Waals surface area contributed by atoms with E-state index in [2.05, 4.69) is 21.4 Å². The monoisotopic (exact) mass is 320 g/mol. The first-order chi connectivity index (χ1) is 8.67. The highest BCUT2D eigenvalue weighted by molar-refractivity contribution is 9.10. The zero-order valence-corrected chi connectivity index (χ0v) is 11.9. The summed E-state index contributed by atoms with van der Waals surface area (Å²) in [6.07, 6.45) is 0.669. The third kappa shape index (κ3) is 5.41. The van der Waals surface area contributed by atoms with Crippen LogP contribution in [0, 0.1) is 5.82 Å². The number of methoxy groups -OCH3 is 1. The molecule has 1 aromatic rings. The molecule has 0 aliphatic carbocycles. The molecule has 0 bridgehead atoms. The number of nitrogens with one attached hydrogen (secondary N) is 1. The van der Waals surface area contributed by atoms with Gasteiger partial charge in [-0.05, 0) is 40.0 Å². The normalized spacial score (nSPS) is 12.7. The lowest BCUT2D eigenvalue weighted by atomic mass is 10.1. The van der Waals surface area contributed by atoms with Gasteiger partial charge in [0.2, 0.25) is 0 Å². The molecule has 0 saturated heterocycles. The van der Waals surface area contributed by atoms with E-state index in [1.807, 2.05) is 0 Å². The second-order valence-electron chi connectivity index (χ2n) is 3.88. The number of hydrogen-bond donors (Lipinski definition) is 2. The number of hydrazine groups is 1. The number of rotatable bonds is 8. The largest absolute Gasteiger partial charge is 0.382 e. The van der Waals surface area contributed by atoms with Crippen LogP contribution in [0.3, 0.4) is 0 Å². The van der Waals surface area contributed by atoms with Gasteiger partial charge in [-0.1, -0.05) is 6.07 Å². The molecule has 0 fully saturated rings. The van der Waals surface area contributed by atoms with E-state index in [1.165, 1.54) is 6.07 Å². The Kier molecular flexibility index (Phi) is 7.38. The van der Waals surface area contributed by atoms with Crippen molar-refractivity contribution in [3.63, 3.8) is 0 Å². The van der Waals surface area contributed by atoms with Crippen molar-refractivity contribution in [1.82, 2.24) is 5.43 Å². The lowest BCUT2D eigenvalue weighted by Crippen LogP contribution is -2.40. The van der Waals surface area contributed by atoms with Crippen LogP contribution in [0.15, 0.2) is 22.7 Å². The molecule has 0 saturated carbocycles. The first-order valence-corrected chi connectivity index (χ1v) is 6.43. The summed E-state index contributed by atoms with van der Waals surface area (Å²) in [5.74, 6) is 5.19. The van der Waals surface area contributed by atoms with Crippen LogP contribution in [0.1, 0.15) is 5.56 Å². The SMILES string of the molecule is COCCOCC(Cc1ccc(F)c(Br)c1)NN. The van der Waals surface area contributed by atoms with E-state index in [0.29, 0.717) is 30.7 Å². The molecular weight excluding hydrogens is 303 g/mol. The number of halogens is 2. The summed E-state index contributed by atoms with van der Waals surface area (Å²) >= 11 is 3.16. The van der Waals surface area contributed by atoms with Crippen molar-refractivity contribution in [3.8, 4) is 0 Å². The highest BCUT2D eigenvalue weighted by Gasteiger charge is 2.09. The van der Waals surface area contributed by atoms with Gasteiger partial charge in [-0.3, -0.25) is 11.3 Å². The molecule has 0 amide bonds. The van der Waals surface area contributed by atoms with Crippen LogP contribution in [0.5, 0.6) is 0 Å². The van der Waals surface area contributed by atoms with Gasteiger partial charge in [-0.2, -0.15) is 0 Å². The molecule has 0 spiro atoms. The molecular formula is C12H18BrFN2O2. The van der Waals surface area contributed by atoms with Crippen molar-refractivity contribution in [2.24, 2.45) is 5.84 Å². The minimum atomic E-state index is -0.271. The van der Waals surface area contributed by atoms with Gasteiger partial charge in [0.15, 0.2) is 0 Å². The Bertz CT molecular complexity index is 366. The van der Waals surface area contributed by atoms with Gasteiger partial charge in [0, 0.05) is 13.2 Å². The Labute approximate surface area is 115 Å². The third-order valence-electron chi connectivity index (χ3n) is 2.45. The van der Waals surface area contributed by atoms with E-state index in [9.17, 15) is 4.39 Å². The van der Waals surface area contributed by atoms with Gasteiger partial charge in [0.25, 0.3) is 0 Å². The molecule has 0 heterocycles. The quantitative estimate of drug-likeness (QED) is 0.434. The summed E-state index contributed by atoms with van der Waals surface area (Å²) in [7, 11) is 1.62. The molecule has 0 aliphatic heterocycles. The van der Waals surface area contributed by atoms with Crippen molar-refractivity contribution < 1.29 is 13.9 Å². The molecule has 1 unspecified atom stereocenters. The van der Waals surface area contributed by atoms with E-state index in [-0.39, 0.29) is 11.9 Å². The number of hydrogen-bond acceptors (Lipinski definition) is 4. The first-order valence-electron chi connectivity index (χ1n) is 5.64. The van der Waals surface area contributed by atoms with E-state index >= 15 is 0 Å². The van der Waals surface area contributed by atoms with Crippen molar-refractivity contribution in [2.45, 2.75) is 12.5 Å². The van der Waals surface area contributed by atoms with Gasteiger partial charge < -0.3 is 9.47 Å². The highest BCUT2D eigenvalue weighted by atomic mass is 79.9. The average molecular weight is 321 g/mol. The van der Waals surface area contributed by atoms with E-state index < -0.39 is 0 Å². The second-order valence-corrected chi connectivity index (χ2v) is 4.74. The lowest BCUT2D eigenvalue weighted by Gasteiger charge is -2.16. The van der Waals surface area contributed by atoms with E-state index in [4.69, 9.17) is 15.3 Å². The summed E-state index contributed by atoms with van der Waals surface area (Å²) in [6, 6.07) is 4.90. The zero-order chi connectivity index (χ0) is 13.4. The molecule has 102 valence electrons. The Hall–Kier alpha value is -0.530. The fourth-order valence-corrected chi connectivity index (χ4v) is 1.91. The van der Waals surface area contributed by atoms with Crippen LogP contribution >= 0.6 is 15.9 Å². The Balaban J connectivity index is 2.44. The van der Waals surface area contributed by atoms with Gasteiger partial charge >= 0.3 is 0 Å². The fraction of sp³-hybridized carbons (Fsp3) is 0.500. The molecule has 1 aromatic carbocycles. The van der Waals surface area contributed by atoms with E-state index in [1.54, 1.807) is 19.2 Å². The van der Waals surface area contributed by atoms with Crippen molar-refractivity contribution in [1.29, 1.82) is 0 Å². The maximum Gasteiger partial charge on any atom is 0.137 e. The number of nitrogens with two attached hydrogens (primary N) is 1. The molecule has 18 heavy (non-hydrogen) atoms. The molecule has 0 aliphatic rings. The Morgan fingerprint density at radius 2 is 2.22 bits per heavy atom. The predicted molar refractivity (Wildman–Crippen MR) is 71.6 cm³/mol. The third-order valence-corrected chi connectivity index (χ3v) is 3.06. The van der Waals surface area contributed by atoms with Gasteiger partial charge in [-0.15, -0.1) is 0 Å². The fourth-order valence-electron chi connectivity index (χ4n) is 1.48. The molecule has 1 rings (SSSR count). The molecule has 3 N–H and O–H groups in total. The molecule has 0 radical (unpaired) electrons. The Morgan fingerprint density at radius 1 is 1.44 bits per heavy atom. The minimum Gasteiger partial charge on any atom is -0.382 e. The van der Waals surface area contributed by atoms with Crippen LogP contribution in [-0.4, -0.2) is 33.0 Å². The van der Waals surface area contributed by atoms with Gasteiger partial charge in [0.05, 0.1) is 24.3 Å². The average Bonchev–Trinajstić information content (AvgIpc) is 2.37. The summed E-state index contributed by atoms with van der Waals surface area (Å²) < 4.78 is 23.8. The number of ether oxygens (including phenoxy) is 2. The number of benzene rings is 1. The maximum atomic E-state index is 13.1. The lowest BCUT2D eigenvalue weighted by molar-refractivity contribution is 0.0587. The second kappa shape index (κ2) is 8.55. The van der Waals surface area contributed by atoms with Crippen LogP contribution in [0.2, 0.25) is 0 Å². The van der Waals surface area contributed by atoms with Crippen LogP contribution in [0.25, 0.3) is 0 Å². The van der Waals surface area contributed by atoms with Crippen LogP contribution in [0.4, 0.5) is 4.39 Å². The summed E-state index contributed by atoms with van der Waals surface area (Å²) in [5, 5.41) is 0. The van der Waals surface area contributed by atoms with Crippen LogP contribution in [-0.2, 0) is 15.9 Å². The zero-order valence-electron chi connectivity index (χ0n) is 10.3. The highest BCUT2D eigenvalue weighted by Crippen LogP contribution is 2.17. The topological polar surface area (TPSA) is 56.5 Å². The summed E-state index contributed by atoms with van der Waals surface area (Å²) in [6.45, 7) is 1.57. The van der Waals surface area contributed by atoms with Crippen molar-refractivity contribution >= 4 is 15.9 Å². The smallest absolute Gasteiger partial charge is 0.137 e. The summed E-state index contributed by atoms with van der Waals surface area (Å²) in [4.78, 5) is 0. The van der Waals surface area contributed by atoms with Crippen LogP contribution < -0.4 is 11.3 Å². The van der Waals surface area contributed by atoms with Gasteiger partial charge in [-0.25, -0.2) is 4.39 Å². The Morgan fingerprint density at radius 3 is 2.83 bits per heavy atom. The maximum absolute atomic E-state index is 13.1. The van der Waals surface area contributed by atoms with Gasteiger partial charge in [0.1, 0.15) is 5.82 Å².